The van der Waals surface area contributed by atoms with Gasteiger partial charge in [-0.15, -0.1) is 0 Å². The maximum Gasteiger partial charge on any atom is 0.293 e. The van der Waals surface area contributed by atoms with Gasteiger partial charge in [-0.05, 0) is 17.7 Å². The van der Waals surface area contributed by atoms with Crippen molar-refractivity contribution in [3.63, 3.8) is 0 Å². The molecular weight excluding hydrogens is 421 g/mol. The average Bonchev–Trinajstić information content (AvgIpc) is 2.41. The Morgan fingerprint density at radius 1 is 1.14 bits per heavy atom. The SMILES string of the molecule is O=COCc1ccc2c(c1)C(C(Cl)(Cl)Cl)OC(C(Cl)(Cl)Cl)O2. The number of carbonyl (C=O) groups excluding carboxylic acids is 1. The Labute approximate surface area is 156 Å². The Morgan fingerprint density at radius 2 is 1.82 bits per heavy atom. The minimum atomic E-state index is -1.87. The van der Waals surface area contributed by atoms with Crippen molar-refractivity contribution in [2.75, 3.05) is 0 Å². The van der Waals surface area contributed by atoms with Crippen LogP contribution in [-0.2, 0) is 20.9 Å². The average molecular weight is 429 g/mol. The molecule has 0 N–H and O–H groups in total. The lowest BCUT2D eigenvalue weighted by Crippen LogP contribution is -2.42. The largest absolute Gasteiger partial charge is 0.463 e. The van der Waals surface area contributed by atoms with E-state index >= 15 is 0 Å². The second kappa shape index (κ2) is 6.98. The van der Waals surface area contributed by atoms with Gasteiger partial charge in [0.2, 0.25) is 10.1 Å². The standard InChI is InChI=1S/C12H8Cl6O4/c13-11(14,15)9-7-3-6(4-20-5-19)1-2-8(7)21-10(22-9)12(16,17)18/h1-3,5,9-10H,4H2. The first-order valence-electron chi connectivity index (χ1n) is 5.76. The van der Waals surface area contributed by atoms with E-state index in [1.165, 1.54) is 0 Å². The van der Waals surface area contributed by atoms with Crippen molar-refractivity contribution in [2.24, 2.45) is 0 Å². The summed E-state index contributed by atoms with van der Waals surface area (Å²) in [6, 6.07) is 4.88. The number of ether oxygens (including phenoxy) is 3. The van der Waals surface area contributed by atoms with Gasteiger partial charge in [0.25, 0.3) is 10.3 Å². The third kappa shape index (κ3) is 4.38. The molecule has 2 unspecified atom stereocenters. The molecular formula is C12H8Cl6O4. The normalized spacial score (nSPS) is 21.7. The Bertz CT molecular complexity index is 554. The van der Waals surface area contributed by atoms with Crippen LogP contribution in [0, 0.1) is 0 Å². The molecule has 1 aliphatic rings. The molecule has 0 aromatic heterocycles. The number of halogens is 6. The fraction of sp³-hybridized carbons (Fsp3) is 0.417. The third-order valence-corrected chi connectivity index (χ3v) is 3.86. The molecule has 22 heavy (non-hydrogen) atoms. The van der Waals surface area contributed by atoms with Gasteiger partial charge in [-0.2, -0.15) is 0 Å². The summed E-state index contributed by atoms with van der Waals surface area (Å²) in [4.78, 5) is 10.3. The summed E-state index contributed by atoms with van der Waals surface area (Å²) in [5.74, 6) is 0.341. The first-order valence-corrected chi connectivity index (χ1v) is 8.03. The molecule has 2 rings (SSSR count). The van der Waals surface area contributed by atoms with Crippen molar-refractivity contribution in [3.8, 4) is 5.75 Å². The molecule has 1 aromatic rings. The quantitative estimate of drug-likeness (QED) is 0.508. The second-order valence-corrected chi connectivity index (χ2v) is 9.07. The molecule has 0 bridgehead atoms. The number of hydrogen-bond donors (Lipinski definition) is 0. The highest BCUT2D eigenvalue weighted by Gasteiger charge is 2.48. The van der Waals surface area contributed by atoms with Crippen LogP contribution in [0.4, 0.5) is 0 Å². The Hall–Kier alpha value is 0.190. The van der Waals surface area contributed by atoms with Crippen molar-refractivity contribution < 1.29 is 19.0 Å². The van der Waals surface area contributed by atoms with Crippen molar-refractivity contribution in [1.82, 2.24) is 0 Å². The van der Waals surface area contributed by atoms with E-state index in [9.17, 15) is 4.79 Å². The molecule has 1 aliphatic heterocycles. The zero-order valence-corrected chi connectivity index (χ0v) is 15.1. The summed E-state index contributed by atoms with van der Waals surface area (Å²) in [6.07, 6.45) is -2.28. The van der Waals surface area contributed by atoms with Gasteiger partial charge in [0.1, 0.15) is 18.5 Å². The number of hydrogen-bond acceptors (Lipinski definition) is 4. The van der Waals surface area contributed by atoms with Crippen LogP contribution in [-0.4, -0.2) is 20.3 Å². The third-order valence-electron chi connectivity index (χ3n) is 2.73. The zero-order valence-electron chi connectivity index (χ0n) is 10.6. The second-order valence-electron chi connectivity index (χ2n) is 4.33. The van der Waals surface area contributed by atoms with Crippen LogP contribution in [0.15, 0.2) is 18.2 Å². The van der Waals surface area contributed by atoms with Gasteiger partial charge in [0.15, 0.2) is 0 Å². The first kappa shape index (κ1) is 18.5. The molecule has 0 saturated carbocycles. The van der Waals surface area contributed by atoms with Crippen LogP contribution in [0.5, 0.6) is 5.75 Å². The Balaban J connectivity index is 2.40. The van der Waals surface area contributed by atoms with E-state index in [-0.39, 0.29) is 6.61 Å². The highest BCUT2D eigenvalue weighted by Crippen LogP contribution is 2.51. The van der Waals surface area contributed by atoms with E-state index in [1.54, 1.807) is 18.2 Å². The molecule has 2 atom stereocenters. The number of alkyl halides is 6. The first-order chi connectivity index (χ1) is 10.1. The molecule has 0 fully saturated rings. The van der Waals surface area contributed by atoms with Crippen molar-refractivity contribution in [3.05, 3.63) is 29.3 Å². The number of benzene rings is 1. The predicted molar refractivity (Wildman–Crippen MR) is 86.1 cm³/mol. The van der Waals surface area contributed by atoms with Crippen molar-refractivity contribution in [1.29, 1.82) is 0 Å². The van der Waals surface area contributed by atoms with Crippen LogP contribution in [0.1, 0.15) is 17.2 Å². The number of fused-ring (bicyclic) bond motifs is 1. The summed E-state index contributed by atoms with van der Waals surface area (Å²) in [5, 5.41) is 0. The van der Waals surface area contributed by atoms with E-state index in [4.69, 9.17) is 79.1 Å². The predicted octanol–water partition coefficient (Wildman–Crippen LogP) is 4.88. The fourth-order valence-electron chi connectivity index (χ4n) is 1.87. The molecule has 10 heteroatoms. The van der Waals surface area contributed by atoms with E-state index in [1.807, 2.05) is 0 Å². The van der Waals surface area contributed by atoms with Crippen molar-refractivity contribution >= 4 is 76.1 Å². The van der Waals surface area contributed by atoms with Gasteiger partial charge in [-0.3, -0.25) is 4.79 Å². The smallest absolute Gasteiger partial charge is 0.293 e. The lowest BCUT2D eigenvalue weighted by molar-refractivity contribution is -0.136. The van der Waals surface area contributed by atoms with E-state index in [0.717, 1.165) is 0 Å². The summed E-state index contributed by atoms with van der Waals surface area (Å²) >= 11 is 35.2. The molecule has 122 valence electrons. The fourth-order valence-corrected chi connectivity index (χ4v) is 2.66. The number of carbonyl (C=O) groups is 1. The van der Waals surface area contributed by atoms with Crippen LogP contribution in [0.25, 0.3) is 0 Å². The number of rotatable bonds is 3. The topological polar surface area (TPSA) is 44.8 Å². The van der Waals surface area contributed by atoms with Gasteiger partial charge < -0.3 is 14.2 Å². The van der Waals surface area contributed by atoms with Gasteiger partial charge in [-0.25, -0.2) is 0 Å². The monoisotopic (exact) mass is 426 g/mol. The zero-order chi connectivity index (χ0) is 16.5. The molecule has 1 aromatic carbocycles. The highest BCUT2D eigenvalue weighted by molar-refractivity contribution is 6.68. The molecule has 0 saturated heterocycles. The Morgan fingerprint density at radius 3 is 2.36 bits per heavy atom. The maximum absolute atomic E-state index is 10.3. The molecule has 0 amide bonds. The van der Waals surface area contributed by atoms with Crippen LogP contribution in [0.3, 0.4) is 0 Å². The molecule has 1 heterocycles. The summed E-state index contributed by atoms with van der Waals surface area (Å²) in [6.45, 7) is 0.384. The lowest BCUT2D eigenvalue weighted by Gasteiger charge is -2.38. The van der Waals surface area contributed by atoms with Gasteiger partial charge >= 0.3 is 0 Å². The van der Waals surface area contributed by atoms with E-state index in [0.29, 0.717) is 23.3 Å². The Kier molecular flexibility index (Phi) is 5.87. The molecule has 0 aliphatic carbocycles. The van der Waals surface area contributed by atoms with Gasteiger partial charge in [0, 0.05) is 5.56 Å². The van der Waals surface area contributed by atoms with E-state index < -0.39 is 20.0 Å². The lowest BCUT2D eigenvalue weighted by atomic mass is 10.0. The van der Waals surface area contributed by atoms with Gasteiger partial charge in [-0.1, -0.05) is 75.7 Å². The van der Waals surface area contributed by atoms with Gasteiger partial charge in [0.05, 0.1) is 0 Å². The molecule has 4 nitrogen and oxygen atoms in total. The van der Waals surface area contributed by atoms with Crippen LogP contribution < -0.4 is 4.74 Å². The summed E-state index contributed by atoms with van der Waals surface area (Å²) in [7, 11) is 0. The van der Waals surface area contributed by atoms with Crippen LogP contribution in [0.2, 0.25) is 0 Å². The van der Waals surface area contributed by atoms with E-state index in [2.05, 4.69) is 4.74 Å². The van der Waals surface area contributed by atoms with Crippen LogP contribution >= 0.6 is 69.6 Å². The molecule has 0 spiro atoms. The van der Waals surface area contributed by atoms with Crippen molar-refractivity contribution in [2.45, 2.75) is 26.6 Å². The summed E-state index contributed by atoms with van der Waals surface area (Å²) in [5.41, 5.74) is 1.10. The summed E-state index contributed by atoms with van der Waals surface area (Å²) < 4.78 is 11.9. The minimum absolute atomic E-state index is 0.0528. The maximum atomic E-state index is 10.3. The molecule has 0 radical (unpaired) electrons. The highest BCUT2D eigenvalue weighted by atomic mass is 35.6. The minimum Gasteiger partial charge on any atom is -0.463 e.